The molecule has 0 atom stereocenters. The van der Waals surface area contributed by atoms with Gasteiger partial charge in [-0.2, -0.15) is 0 Å². The summed E-state index contributed by atoms with van der Waals surface area (Å²) in [5.41, 5.74) is 2.77. The summed E-state index contributed by atoms with van der Waals surface area (Å²) in [5, 5.41) is 0. The third kappa shape index (κ3) is 5.16. The second kappa shape index (κ2) is 11.3. The number of ether oxygens (including phenoxy) is 3. The van der Waals surface area contributed by atoms with Gasteiger partial charge in [0.05, 0.1) is 44.7 Å². The Bertz CT molecular complexity index is 1540. The number of fused-ring (bicyclic) bond motifs is 1. The third-order valence-electron chi connectivity index (χ3n) is 5.43. The molecule has 10 nitrogen and oxygen atoms in total. The Morgan fingerprint density at radius 2 is 1.71 bits per heavy atom. The number of halogens is 1. The van der Waals surface area contributed by atoms with Crippen LogP contribution in [-0.2, 0) is 5.75 Å². The maximum atomic E-state index is 13.2. The molecule has 12 heteroatoms. The number of para-hydroxylation sites is 1. The minimum atomic E-state index is -0.375. The van der Waals surface area contributed by atoms with Gasteiger partial charge in [-0.25, -0.2) is 24.3 Å². The van der Waals surface area contributed by atoms with Gasteiger partial charge in [0.1, 0.15) is 28.7 Å². The molecule has 38 heavy (non-hydrogen) atoms. The fourth-order valence-electron chi connectivity index (χ4n) is 3.78. The van der Waals surface area contributed by atoms with E-state index >= 15 is 0 Å². The van der Waals surface area contributed by atoms with Crippen molar-refractivity contribution in [3.8, 4) is 34.6 Å². The van der Waals surface area contributed by atoms with Gasteiger partial charge in [0.15, 0.2) is 22.9 Å². The summed E-state index contributed by atoms with van der Waals surface area (Å²) < 4.78 is 35.1. The smallest absolute Gasteiger partial charge is 0.213 e. The molecule has 4 heterocycles. The van der Waals surface area contributed by atoms with Gasteiger partial charge >= 0.3 is 0 Å². The summed E-state index contributed by atoms with van der Waals surface area (Å²) in [4.78, 5) is 22.8. The minimum Gasteiger partial charge on any atom is -0.494 e. The Morgan fingerprint density at radius 3 is 2.42 bits per heavy atom. The van der Waals surface area contributed by atoms with Crippen LogP contribution < -0.4 is 18.9 Å². The lowest BCUT2D eigenvalue weighted by Crippen LogP contribution is -2.06. The number of nitrogens with zero attached hydrogens (tertiary/aromatic N) is 6. The number of rotatable bonds is 10. The first-order valence-corrected chi connectivity index (χ1v) is 12.6. The lowest BCUT2D eigenvalue weighted by atomic mass is 10.2. The number of hydrogen-bond acceptors (Lipinski definition) is 10. The van der Waals surface area contributed by atoms with Crippen molar-refractivity contribution >= 4 is 29.1 Å². The molecule has 5 rings (SSSR count). The molecule has 0 aliphatic carbocycles. The van der Waals surface area contributed by atoms with Gasteiger partial charge in [-0.15, -0.1) is 0 Å². The van der Waals surface area contributed by atoms with Crippen molar-refractivity contribution in [2.24, 2.45) is 0 Å². The van der Waals surface area contributed by atoms with E-state index in [0.717, 1.165) is 5.69 Å². The molecule has 194 valence electrons. The molecule has 5 aromatic rings. The Hall–Kier alpha value is -4.45. The van der Waals surface area contributed by atoms with E-state index in [1.807, 2.05) is 41.8 Å². The Morgan fingerprint density at radius 1 is 0.921 bits per heavy atom. The highest BCUT2D eigenvalue weighted by Crippen LogP contribution is 2.38. The second-order valence-electron chi connectivity index (χ2n) is 7.84. The molecular weight excluding hydrogens is 509 g/mol. The van der Waals surface area contributed by atoms with E-state index in [0.29, 0.717) is 64.1 Å². The van der Waals surface area contributed by atoms with Crippen LogP contribution in [0.5, 0.6) is 17.4 Å². The number of methoxy groups -OCH3 is 2. The monoisotopic (exact) mass is 533 g/mol. The SMILES string of the molecule is CCOc1cccc(-c2nc3ncc(NSCc4ccc(F)cn4)nc3n2-c2c(OC)cccc2OC)n1. The van der Waals surface area contributed by atoms with Crippen LogP contribution in [0, 0.1) is 5.82 Å². The summed E-state index contributed by atoms with van der Waals surface area (Å²) in [7, 11) is 3.17. The fourth-order valence-corrected chi connectivity index (χ4v) is 4.42. The highest BCUT2D eigenvalue weighted by Gasteiger charge is 2.24. The van der Waals surface area contributed by atoms with Crippen molar-refractivity contribution in [1.82, 2.24) is 29.5 Å². The number of nitrogens with one attached hydrogen (secondary N) is 1. The molecule has 0 spiro atoms. The highest BCUT2D eigenvalue weighted by molar-refractivity contribution is 7.99. The van der Waals surface area contributed by atoms with Crippen LogP contribution in [0.15, 0.2) is 60.9 Å². The van der Waals surface area contributed by atoms with Gasteiger partial charge in [-0.3, -0.25) is 9.55 Å². The van der Waals surface area contributed by atoms with Crippen LogP contribution in [0.4, 0.5) is 10.2 Å². The zero-order valence-electron chi connectivity index (χ0n) is 20.9. The van der Waals surface area contributed by atoms with Crippen molar-refractivity contribution < 1.29 is 18.6 Å². The van der Waals surface area contributed by atoms with E-state index < -0.39 is 0 Å². The number of hydrogen-bond donors (Lipinski definition) is 1. The quantitative estimate of drug-likeness (QED) is 0.244. The molecular formula is C26H24FN7O3S. The minimum absolute atomic E-state index is 0.375. The largest absolute Gasteiger partial charge is 0.494 e. The first-order valence-electron chi connectivity index (χ1n) is 11.7. The predicted molar refractivity (Wildman–Crippen MR) is 143 cm³/mol. The van der Waals surface area contributed by atoms with Gasteiger partial charge in [0.2, 0.25) is 5.88 Å². The topological polar surface area (TPSA) is 109 Å². The van der Waals surface area contributed by atoms with Crippen LogP contribution in [0.2, 0.25) is 0 Å². The van der Waals surface area contributed by atoms with Crippen LogP contribution in [-0.4, -0.2) is 50.3 Å². The van der Waals surface area contributed by atoms with E-state index in [2.05, 4.69) is 19.7 Å². The van der Waals surface area contributed by atoms with Gasteiger partial charge < -0.3 is 18.9 Å². The molecule has 0 amide bonds. The maximum absolute atomic E-state index is 13.2. The van der Waals surface area contributed by atoms with Crippen molar-refractivity contribution in [2.75, 3.05) is 25.5 Å². The standard InChI is InChI=1S/C26H24FN7O3S/c1-4-37-22-10-5-7-18(30-22)25-32-24-26(34(25)23-19(35-2)8-6-9-20(23)36-3)31-21(14-29-24)33-38-15-17-12-11-16(27)13-28-17/h5-14H,4,15H2,1-3H3,(H,31,33). The molecule has 0 aliphatic rings. The molecule has 0 unspecified atom stereocenters. The Kier molecular flexibility index (Phi) is 7.50. The van der Waals surface area contributed by atoms with Crippen molar-refractivity contribution in [3.63, 3.8) is 0 Å². The zero-order chi connectivity index (χ0) is 26.5. The van der Waals surface area contributed by atoms with Crippen LogP contribution in [0.3, 0.4) is 0 Å². The molecule has 0 fully saturated rings. The summed E-state index contributed by atoms with van der Waals surface area (Å²) >= 11 is 1.36. The molecule has 0 aliphatic heterocycles. The lowest BCUT2D eigenvalue weighted by Gasteiger charge is -2.16. The summed E-state index contributed by atoms with van der Waals surface area (Å²) in [5.74, 6) is 2.71. The third-order valence-corrected chi connectivity index (χ3v) is 6.22. The van der Waals surface area contributed by atoms with Crippen LogP contribution in [0.25, 0.3) is 28.5 Å². The zero-order valence-corrected chi connectivity index (χ0v) is 21.7. The van der Waals surface area contributed by atoms with Crippen LogP contribution >= 0.6 is 11.9 Å². The Labute approximate surface area is 222 Å². The maximum Gasteiger partial charge on any atom is 0.213 e. The van der Waals surface area contributed by atoms with E-state index in [1.54, 1.807) is 32.5 Å². The number of imidazole rings is 1. The van der Waals surface area contributed by atoms with Crippen LogP contribution in [0.1, 0.15) is 12.6 Å². The van der Waals surface area contributed by atoms with Crippen molar-refractivity contribution in [1.29, 1.82) is 0 Å². The van der Waals surface area contributed by atoms with Gasteiger partial charge in [-0.05, 0) is 49.2 Å². The van der Waals surface area contributed by atoms with E-state index in [9.17, 15) is 4.39 Å². The molecule has 1 N–H and O–H groups in total. The van der Waals surface area contributed by atoms with Crippen molar-refractivity contribution in [2.45, 2.75) is 12.7 Å². The molecule has 1 aromatic carbocycles. The normalized spacial score (nSPS) is 10.9. The number of benzene rings is 1. The predicted octanol–water partition coefficient (Wildman–Crippen LogP) is 5.09. The van der Waals surface area contributed by atoms with E-state index in [-0.39, 0.29) is 5.82 Å². The Balaban J connectivity index is 1.61. The molecule has 0 saturated carbocycles. The van der Waals surface area contributed by atoms with Crippen molar-refractivity contribution in [3.05, 3.63) is 72.4 Å². The van der Waals surface area contributed by atoms with Gasteiger partial charge in [0.25, 0.3) is 0 Å². The molecule has 4 aromatic heterocycles. The first kappa shape index (κ1) is 25.2. The molecule has 0 bridgehead atoms. The van der Waals surface area contributed by atoms with Gasteiger partial charge in [0, 0.05) is 6.07 Å². The second-order valence-corrected chi connectivity index (χ2v) is 8.62. The number of anilines is 1. The van der Waals surface area contributed by atoms with E-state index in [4.69, 9.17) is 24.2 Å². The molecule has 0 saturated heterocycles. The van der Waals surface area contributed by atoms with E-state index in [1.165, 1.54) is 24.2 Å². The lowest BCUT2D eigenvalue weighted by molar-refractivity contribution is 0.327. The summed E-state index contributed by atoms with van der Waals surface area (Å²) in [6.07, 6.45) is 2.79. The highest BCUT2D eigenvalue weighted by atomic mass is 32.2. The summed E-state index contributed by atoms with van der Waals surface area (Å²) in [6, 6.07) is 14.0. The average molecular weight is 534 g/mol. The number of pyridine rings is 2. The first-order chi connectivity index (χ1) is 18.6. The molecule has 0 radical (unpaired) electrons. The summed E-state index contributed by atoms with van der Waals surface area (Å²) in [6.45, 7) is 2.38. The average Bonchev–Trinajstić information content (AvgIpc) is 3.32. The van der Waals surface area contributed by atoms with Gasteiger partial charge in [-0.1, -0.05) is 12.1 Å². The fraction of sp³-hybridized carbons (Fsp3) is 0.192. The number of aromatic nitrogens is 6.